The minimum Gasteiger partial charge on any atom is -0.399 e. The third-order valence-corrected chi connectivity index (χ3v) is 8.52. The number of benzene rings is 1. The standard InChI is InChI=1S/C24H42N4O4S/c1-18(2)16-28(33(31,32)22-13-11-20(25)12-14-22)21(17-29)10-7-15-27-23(30)24(3,26)19-8-5-4-6-9-19/h11-14,18-19,21,29H,4-10,15-17,25-26H2,1-3H3,(H,27,30)/t21-,24-/m0/s1. The topological polar surface area (TPSA) is 139 Å². The van der Waals surface area contributed by atoms with Gasteiger partial charge in [0.1, 0.15) is 0 Å². The van der Waals surface area contributed by atoms with Crippen LogP contribution < -0.4 is 16.8 Å². The molecule has 0 spiro atoms. The van der Waals surface area contributed by atoms with Crippen LogP contribution in [0, 0.1) is 11.8 Å². The summed E-state index contributed by atoms with van der Waals surface area (Å²) in [5, 5.41) is 13.0. The fourth-order valence-corrected chi connectivity index (χ4v) is 6.33. The molecule has 1 fully saturated rings. The van der Waals surface area contributed by atoms with Gasteiger partial charge in [-0.05, 0) is 68.7 Å². The normalized spacial score (nSPS) is 18.3. The van der Waals surface area contributed by atoms with E-state index in [2.05, 4.69) is 5.32 Å². The fourth-order valence-electron chi connectivity index (χ4n) is 4.52. The summed E-state index contributed by atoms with van der Waals surface area (Å²) in [5.41, 5.74) is 11.7. The number of aliphatic hydroxyl groups is 1. The van der Waals surface area contributed by atoms with Crippen LogP contribution in [0.5, 0.6) is 0 Å². The van der Waals surface area contributed by atoms with Crippen LogP contribution >= 0.6 is 0 Å². The highest BCUT2D eigenvalue weighted by Crippen LogP contribution is 2.31. The number of hydrogen-bond acceptors (Lipinski definition) is 6. The van der Waals surface area contributed by atoms with Crippen LogP contribution in [0.3, 0.4) is 0 Å². The van der Waals surface area contributed by atoms with E-state index in [1.807, 2.05) is 13.8 Å². The molecule has 188 valence electrons. The maximum absolute atomic E-state index is 13.3. The van der Waals surface area contributed by atoms with Crippen molar-refractivity contribution >= 4 is 21.6 Å². The molecule has 1 aliphatic rings. The van der Waals surface area contributed by atoms with Gasteiger partial charge in [0.05, 0.1) is 17.0 Å². The van der Waals surface area contributed by atoms with E-state index in [1.165, 1.54) is 22.9 Å². The number of amides is 1. The Morgan fingerprint density at radius 3 is 2.36 bits per heavy atom. The maximum Gasteiger partial charge on any atom is 0.243 e. The van der Waals surface area contributed by atoms with E-state index in [0.29, 0.717) is 25.1 Å². The van der Waals surface area contributed by atoms with E-state index in [1.54, 1.807) is 19.1 Å². The second-order valence-electron chi connectivity index (χ2n) is 9.89. The Labute approximate surface area is 199 Å². The highest BCUT2D eigenvalue weighted by molar-refractivity contribution is 7.89. The Bertz CT molecular complexity index is 850. The van der Waals surface area contributed by atoms with Gasteiger partial charge < -0.3 is 21.9 Å². The van der Waals surface area contributed by atoms with E-state index in [4.69, 9.17) is 11.5 Å². The monoisotopic (exact) mass is 482 g/mol. The molecule has 1 aromatic rings. The molecule has 1 saturated carbocycles. The Balaban J connectivity index is 2.01. The second kappa shape index (κ2) is 12.1. The first-order chi connectivity index (χ1) is 15.5. The molecule has 0 heterocycles. The molecule has 2 atom stereocenters. The Hall–Kier alpha value is -1.68. The number of anilines is 1. The molecule has 0 unspecified atom stereocenters. The predicted octanol–water partition coefficient (Wildman–Crippen LogP) is 2.47. The van der Waals surface area contributed by atoms with Gasteiger partial charge in [-0.1, -0.05) is 33.1 Å². The lowest BCUT2D eigenvalue weighted by Crippen LogP contribution is -2.57. The molecule has 1 amide bonds. The average Bonchev–Trinajstić information content (AvgIpc) is 2.78. The summed E-state index contributed by atoms with van der Waals surface area (Å²) in [5.74, 6) is 0.0993. The van der Waals surface area contributed by atoms with Crippen molar-refractivity contribution in [1.82, 2.24) is 9.62 Å². The number of nitrogens with zero attached hydrogens (tertiary/aromatic N) is 1. The van der Waals surface area contributed by atoms with Crippen LogP contribution in [0.1, 0.15) is 65.7 Å². The summed E-state index contributed by atoms with van der Waals surface area (Å²) >= 11 is 0. The highest BCUT2D eigenvalue weighted by atomic mass is 32.2. The van der Waals surface area contributed by atoms with Crippen molar-refractivity contribution in [2.45, 2.75) is 82.2 Å². The van der Waals surface area contributed by atoms with Crippen molar-refractivity contribution in [1.29, 1.82) is 0 Å². The number of aliphatic hydroxyl groups excluding tert-OH is 1. The molecule has 6 N–H and O–H groups in total. The van der Waals surface area contributed by atoms with Gasteiger partial charge >= 0.3 is 0 Å². The molecule has 8 nitrogen and oxygen atoms in total. The first-order valence-electron chi connectivity index (χ1n) is 12.1. The molecule has 0 saturated heterocycles. The third-order valence-electron chi connectivity index (χ3n) is 6.59. The van der Waals surface area contributed by atoms with Crippen LogP contribution in [-0.2, 0) is 14.8 Å². The maximum atomic E-state index is 13.3. The molecule has 0 aliphatic heterocycles. The van der Waals surface area contributed by atoms with Crippen LogP contribution in [0.15, 0.2) is 29.2 Å². The molecule has 1 aliphatic carbocycles. The van der Waals surface area contributed by atoms with Gasteiger partial charge in [-0.25, -0.2) is 8.42 Å². The number of carbonyl (C=O) groups excluding carboxylic acids is 1. The molecular formula is C24H42N4O4S. The third kappa shape index (κ3) is 7.40. The largest absolute Gasteiger partial charge is 0.399 e. The van der Waals surface area contributed by atoms with Crippen molar-refractivity contribution in [2.75, 3.05) is 25.4 Å². The zero-order valence-electron chi connectivity index (χ0n) is 20.3. The van der Waals surface area contributed by atoms with Crippen molar-refractivity contribution in [3.05, 3.63) is 24.3 Å². The van der Waals surface area contributed by atoms with Crippen molar-refractivity contribution in [2.24, 2.45) is 17.6 Å². The van der Waals surface area contributed by atoms with E-state index in [0.717, 1.165) is 25.7 Å². The van der Waals surface area contributed by atoms with Gasteiger partial charge in [0.15, 0.2) is 0 Å². The summed E-state index contributed by atoms with van der Waals surface area (Å²) < 4.78 is 28.0. The lowest BCUT2D eigenvalue weighted by molar-refractivity contribution is -0.128. The fraction of sp³-hybridized carbons (Fsp3) is 0.708. The number of rotatable bonds is 12. The molecule has 9 heteroatoms. The first-order valence-corrected chi connectivity index (χ1v) is 13.5. The van der Waals surface area contributed by atoms with Crippen LogP contribution in [-0.4, -0.2) is 55.0 Å². The van der Waals surface area contributed by atoms with Crippen LogP contribution in [0.25, 0.3) is 0 Å². The summed E-state index contributed by atoms with van der Waals surface area (Å²) in [6.07, 6.45) is 6.31. The number of nitrogens with one attached hydrogen (secondary N) is 1. The summed E-state index contributed by atoms with van der Waals surface area (Å²) in [7, 11) is -3.81. The zero-order chi connectivity index (χ0) is 24.6. The van der Waals surface area contributed by atoms with Crippen molar-refractivity contribution in [3.63, 3.8) is 0 Å². The zero-order valence-corrected chi connectivity index (χ0v) is 21.1. The van der Waals surface area contributed by atoms with Gasteiger partial charge in [0.25, 0.3) is 0 Å². The Kier molecular flexibility index (Phi) is 10.1. The highest BCUT2D eigenvalue weighted by Gasteiger charge is 2.38. The SMILES string of the molecule is CC(C)CN([C@H](CO)CCCNC(=O)[C@@](C)(N)C1CCCCC1)S(=O)(=O)c1ccc(N)cc1. The van der Waals surface area contributed by atoms with Gasteiger partial charge in [-0.15, -0.1) is 0 Å². The molecule has 1 aromatic carbocycles. The van der Waals surface area contributed by atoms with Gasteiger partial charge in [0, 0.05) is 24.8 Å². The molecule has 0 radical (unpaired) electrons. The predicted molar refractivity (Wildman–Crippen MR) is 132 cm³/mol. The number of hydrogen-bond donors (Lipinski definition) is 4. The lowest BCUT2D eigenvalue weighted by Gasteiger charge is -2.35. The van der Waals surface area contributed by atoms with Crippen molar-refractivity contribution in [3.8, 4) is 0 Å². The average molecular weight is 483 g/mol. The molecule has 0 bridgehead atoms. The molecule has 33 heavy (non-hydrogen) atoms. The smallest absolute Gasteiger partial charge is 0.243 e. The van der Waals surface area contributed by atoms with E-state index < -0.39 is 21.6 Å². The van der Waals surface area contributed by atoms with Gasteiger partial charge in [-0.2, -0.15) is 4.31 Å². The minimum absolute atomic E-state index is 0.0794. The first kappa shape index (κ1) is 27.6. The second-order valence-corrected chi connectivity index (χ2v) is 11.8. The van der Waals surface area contributed by atoms with E-state index in [9.17, 15) is 18.3 Å². The minimum atomic E-state index is -3.81. The number of nitrogens with two attached hydrogens (primary N) is 2. The van der Waals surface area contributed by atoms with Crippen LogP contribution in [0.4, 0.5) is 5.69 Å². The Morgan fingerprint density at radius 1 is 1.21 bits per heavy atom. The van der Waals surface area contributed by atoms with E-state index in [-0.39, 0.29) is 35.8 Å². The molecule has 2 rings (SSSR count). The molecular weight excluding hydrogens is 440 g/mol. The Morgan fingerprint density at radius 2 is 1.82 bits per heavy atom. The van der Waals surface area contributed by atoms with Crippen LogP contribution in [0.2, 0.25) is 0 Å². The number of sulfonamides is 1. The van der Waals surface area contributed by atoms with Gasteiger partial charge in [-0.3, -0.25) is 4.79 Å². The lowest BCUT2D eigenvalue weighted by atomic mass is 9.75. The number of nitrogen functional groups attached to an aromatic ring is 1. The quantitative estimate of drug-likeness (QED) is 0.267. The summed E-state index contributed by atoms with van der Waals surface area (Å²) in [4.78, 5) is 12.9. The number of carbonyl (C=O) groups is 1. The summed E-state index contributed by atoms with van der Waals surface area (Å²) in [6.45, 7) is 6.05. The van der Waals surface area contributed by atoms with Gasteiger partial charge in [0.2, 0.25) is 15.9 Å². The summed E-state index contributed by atoms with van der Waals surface area (Å²) in [6, 6.07) is 5.49. The molecule has 0 aromatic heterocycles. The van der Waals surface area contributed by atoms with Crippen molar-refractivity contribution < 1.29 is 18.3 Å². The van der Waals surface area contributed by atoms with E-state index >= 15 is 0 Å².